The van der Waals surface area contributed by atoms with Crippen LogP contribution < -0.4 is 4.74 Å². The van der Waals surface area contributed by atoms with Crippen LogP contribution in [0.1, 0.15) is 17.3 Å². The van der Waals surface area contributed by atoms with Gasteiger partial charge in [0.2, 0.25) is 0 Å². The number of carboxylic acids is 1. The Balaban J connectivity index is 1.96. The molecular formula is C24H17ClFNO3. The number of ether oxygens (including phenoxy) is 1. The lowest BCUT2D eigenvalue weighted by molar-refractivity contribution is 0.0699. The van der Waals surface area contributed by atoms with Crippen molar-refractivity contribution in [2.45, 2.75) is 6.92 Å². The molecule has 0 radical (unpaired) electrons. The maximum atomic E-state index is 13.7. The van der Waals surface area contributed by atoms with Crippen LogP contribution in [0.3, 0.4) is 0 Å². The highest BCUT2D eigenvalue weighted by molar-refractivity contribution is 6.35. The number of aromatic carboxylic acids is 1. The minimum Gasteiger partial charge on any atom is -0.492 e. The van der Waals surface area contributed by atoms with E-state index in [0.29, 0.717) is 34.2 Å². The molecule has 6 heteroatoms. The van der Waals surface area contributed by atoms with Gasteiger partial charge in [0.1, 0.15) is 11.6 Å². The van der Waals surface area contributed by atoms with Gasteiger partial charge >= 0.3 is 5.97 Å². The first-order chi connectivity index (χ1) is 14.5. The van der Waals surface area contributed by atoms with E-state index < -0.39 is 11.8 Å². The zero-order chi connectivity index (χ0) is 21.3. The third-order valence-electron chi connectivity index (χ3n) is 4.75. The van der Waals surface area contributed by atoms with Crippen LogP contribution in [0.25, 0.3) is 33.3 Å². The van der Waals surface area contributed by atoms with Crippen molar-refractivity contribution in [3.63, 3.8) is 0 Å². The van der Waals surface area contributed by atoms with E-state index in [1.54, 1.807) is 0 Å². The Hall–Kier alpha value is -3.44. The summed E-state index contributed by atoms with van der Waals surface area (Å²) in [5.41, 5.74) is 3.01. The molecule has 0 aliphatic rings. The number of pyridine rings is 1. The summed E-state index contributed by atoms with van der Waals surface area (Å²) in [5.74, 6) is -1.27. The number of aromatic nitrogens is 1. The Bertz CT molecular complexity index is 1260. The van der Waals surface area contributed by atoms with Gasteiger partial charge in [-0.2, -0.15) is 0 Å². The van der Waals surface area contributed by atoms with Crippen LogP contribution in [0, 0.1) is 5.82 Å². The smallest absolute Gasteiger partial charge is 0.336 e. The summed E-state index contributed by atoms with van der Waals surface area (Å²) in [7, 11) is 0. The highest BCUT2D eigenvalue weighted by Gasteiger charge is 2.20. The van der Waals surface area contributed by atoms with Crippen molar-refractivity contribution in [2.24, 2.45) is 0 Å². The van der Waals surface area contributed by atoms with Crippen LogP contribution in [-0.4, -0.2) is 22.7 Å². The average Bonchev–Trinajstić information content (AvgIpc) is 2.75. The Morgan fingerprint density at radius 1 is 1.07 bits per heavy atom. The highest BCUT2D eigenvalue weighted by Crippen LogP contribution is 2.42. The molecular weight excluding hydrogens is 405 g/mol. The Kier molecular flexibility index (Phi) is 5.38. The van der Waals surface area contributed by atoms with Crippen LogP contribution in [0.4, 0.5) is 4.39 Å². The van der Waals surface area contributed by atoms with Gasteiger partial charge < -0.3 is 9.84 Å². The predicted octanol–water partition coefficient (Wildman–Crippen LogP) is 6.46. The lowest BCUT2D eigenvalue weighted by atomic mass is 9.99. The number of hydrogen-bond acceptors (Lipinski definition) is 3. The fraction of sp³-hybridized carbons (Fsp3) is 0.0833. The number of carboxylic acid groups (broad SMARTS) is 1. The van der Waals surface area contributed by atoms with Crippen LogP contribution in [-0.2, 0) is 0 Å². The largest absolute Gasteiger partial charge is 0.492 e. The third-order valence-corrected chi connectivity index (χ3v) is 5.12. The SMILES string of the molecule is CCOc1c(-c2cc(C(=O)O)c3cc(F)ccc3n2)ccc(-c2ccccc2)c1Cl. The van der Waals surface area contributed by atoms with E-state index in [4.69, 9.17) is 16.3 Å². The van der Waals surface area contributed by atoms with Gasteiger partial charge in [-0.25, -0.2) is 14.2 Å². The molecule has 0 unspecified atom stereocenters. The Labute approximate surface area is 177 Å². The molecule has 0 bridgehead atoms. The number of carbonyl (C=O) groups is 1. The van der Waals surface area contributed by atoms with Gasteiger partial charge in [0.05, 0.1) is 28.4 Å². The second-order valence-electron chi connectivity index (χ2n) is 6.62. The summed E-state index contributed by atoms with van der Waals surface area (Å²) in [6, 6.07) is 18.6. The molecule has 1 aromatic heterocycles. The zero-order valence-electron chi connectivity index (χ0n) is 16.0. The molecule has 4 nitrogen and oxygen atoms in total. The molecule has 0 atom stereocenters. The molecule has 0 saturated carbocycles. The number of fused-ring (bicyclic) bond motifs is 1. The van der Waals surface area contributed by atoms with Crippen molar-refractivity contribution < 1.29 is 19.0 Å². The van der Waals surface area contributed by atoms with Crippen molar-refractivity contribution in [1.82, 2.24) is 4.98 Å². The molecule has 0 spiro atoms. The van der Waals surface area contributed by atoms with E-state index in [9.17, 15) is 14.3 Å². The van der Waals surface area contributed by atoms with Crippen LogP contribution in [0.2, 0.25) is 5.02 Å². The van der Waals surface area contributed by atoms with Crippen molar-refractivity contribution in [2.75, 3.05) is 6.61 Å². The molecule has 0 amide bonds. The van der Waals surface area contributed by atoms with Gasteiger partial charge in [-0.05, 0) is 42.8 Å². The minimum absolute atomic E-state index is 0.0415. The summed E-state index contributed by atoms with van der Waals surface area (Å²) in [6.07, 6.45) is 0. The molecule has 150 valence electrons. The van der Waals surface area contributed by atoms with Crippen LogP contribution in [0.5, 0.6) is 5.75 Å². The standard InChI is InChI=1S/C24H17ClFNO3/c1-2-30-23-17(10-9-16(22(23)25)14-6-4-3-5-7-14)21-13-19(24(28)29)18-12-15(26)8-11-20(18)27-21/h3-13H,2H2,1H3,(H,28,29). The van der Waals surface area contributed by atoms with Gasteiger partial charge in [-0.15, -0.1) is 0 Å². The van der Waals surface area contributed by atoms with Gasteiger partial charge in [-0.3, -0.25) is 0 Å². The predicted molar refractivity (Wildman–Crippen MR) is 116 cm³/mol. The van der Waals surface area contributed by atoms with Gasteiger partial charge in [0.15, 0.2) is 0 Å². The summed E-state index contributed by atoms with van der Waals surface area (Å²) in [6.45, 7) is 2.21. The first-order valence-corrected chi connectivity index (χ1v) is 9.72. The van der Waals surface area contributed by atoms with E-state index in [1.807, 2.05) is 49.4 Å². The number of rotatable bonds is 5. The molecule has 4 aromatic rings. The maximum Gasteiger partial charge on any atom is 0.336 e. The van der Waals surface area contributed by atoms with Crippen molar-refractivity contribution in [3.8, 4) is 28.1 Å². The number of nitrogens with zero attached hydrogens (tertiary/aromatic N) is 1. The summed E-state index contributed by atoms with van der Waals surface area (Å²) in [4.78, 5) is 16.4. The van der Waals surface area contributed by atoms with Crippen molar-refractivity contribution >= 4 is 28.5 Å². The topological polar surface area (TPSA) is 59.4 Å². The van der Waals surface area contributed by atoms with E-state index in [2.05, 4.69) is 4.98 Å². The third kappa shape index (κ3) is 3.60. The number of benzene rings is 3. The fourth-order valence-electron chi connectivity index (χ4n) is 3.40. The summed E-state index contributed by atoms with van der Waals surface area (Å²) in [5, 5.41) is 10.3. The molecule has 1 N–H and O–H groups in total. The molecule has 4 rings (SSSR count). The average molecular weight is 422 g/mol. The highest BCUT2D eigenvalue weighted by atomic mass is 35.5. The van der Waals surface area contributed by atoms with Gasteiger partial charge in [-0.1, -0.05) is 48.0 Å². The number of halogens is 2. The monoisotopic (exact) mass is 421 g/mol. The molecule has 3 aromatic carbocycles. The first-order valence-electron chi connectivity index (χ1n) is 9.34. The quantitative estimate of drug-likeness (QED) is 0.402. The van der Waals surface area contributed by atoms with E-state index in [1.165, 1.54) is 24.3 Å². The molecule has 0 fully saturated rings. The van der Waals surface area contributed by atoms with Crippen LogP contribution >= 0.6 is 11.6 Å². The molecule has 1 heterocycles. The van der Waals surface area contributed by atoms with E-state index >= 15 is 0 Å². The number of hydrogen-bond donors (Lipinski definition) is 1. The second kappa shape index (κ2) is 8.13. The Morgan fingerprint density at radius 3 is 2.50 bits per heavy atom. The second-order valence-corrected chi connectivity index (χ2v) is 7.00. The lowest BCUT2D eigenvalue weighted by Gasteiger charge is -2.16. The maximum absolute atomic E-state index is 13.7. The van der Waals surface area contributed by atoms with Gasteiger partial charge in [0, 0.05) is 16.5 Å². The van der Waals surface area contributed by atoms with Crippen LogP contribution in [0.15, 0.2) is 66.7 Å². The zero-order valence-corrected chi connectivity index (χ0v) is 16.8. The molecule has 0 aliphatic heterocycles. The van der Waals surface area contributed by atoms with Crippen molar-refractivity contribution in [3.05, 3.63) is 83.1 Å². The fourth-order valence-corrected chi connectivity index (χ4v) is 3.73. The van der Waals surface area contributed by atoms with Crippen molar-refractivity contribution in [1.29, 1.82) is 0 Å². The first kappa shape index (κ1) is 19.9. The summed E-state index contributed by atoms with van der Waals surface area (Å²) < 4.78 is 19.5. The van der Waals surface area contributed by atoms with E-state index in [0.717, 1.165) is 11.1 Å². The Morgan fingerprint density at radius 2 is 1.80 bits per heavy atom. The van der Waals surface area contributed by atoms with Gasteiger partial charge in [0.25, 0.3) is 0 Å². The van der Waals surface area contributed by atoms with E-state index in [-0.39, 0.29) is 10.9 Å². The molecule has 30 heavy (non-hydrogen) atoms. The summed E-state index contributed by atoms with van der Waals surface area (Å²) >= 11 is 6.70. The normalized spacial score (nSPS) is 10.9. The molecule has 0 saturated heterocycles. The minimum atomic E-state index is -1.17. The molecule has 0 aliphatic carbocycles. The lowest BCUT2D eigenvalue weighted by Crippen LogP contribution is -2.02.